The number of imidazole rings is 1. The second-order valence-electron chi connectivity index (χ2n) is 7.30. The first-order valence-corrected chi connectivity index (χ1v) is 9.43. The van der Waals surface area contributed by atoms with Crippen LogP contribution in [-0.4, -0.2) is 27.4 Å². The molecule has 0 saturated carbocycles. The first-order valence-electron chi connectivity index (χ1n) is 9.43. The molecule has 0 radical (unpaired) electrons. The largest absolute Gasteiger partial charge is 0.347 e. The SMILES string of the molecule is Cc1ccccc1C(=O)NC(C(=O)NCc1nc2ccccc2n1C)C(C)C. The molecule has 6 heteroatoms. The van der Waals surface area contributed by atoms with Crippen molar-refractivity contribution in [3.05, 3.63) is 65.5 Å². The number of nitrogens with zero attached hydrogens (tertiary/aromatic N) is 2. The van der Waals surface area contributed by atoms with Gasteiger partial charge >= 0.3 is 0 Å². The molecule has 1 unspecified atom stereocenters. The van der Waals surface area contributed by atoms with Gasteiger partial charge in [0.2, 0.25) is 5.91 Å². The predicted octanol–water partition coefficient (Wildman–Crippen LogP) is 2.95. The van der Waals surface area contributed by atoms with Gasteiger partial charge < -0.3 is 15.2 Å². The van der Waals surface area contributed by atoms with Crippen LogP contribution in [0.5, 0.6) is 0 Å². The summed E-state index contributed by atoms with van der Waals surface area (Å²) in [5.74, 6) is 0.259. The normalized spacial score (nSPS) is 12.2. The smallest absolute Gasteiger partial charge is 0.252 e. The molecule has 2 amide bonds. The highest BCUT2D eigenvalue weighted by molar-refractivity contribution is 5.98. The third-order valence-electron chi connectivity index (χ3n) is 4.93. The molecule has 0 bridgehead atoms. The Labute approximate surface area is 165 Å². The zero-order chi connectivity index (χ0) is 20.3. The lowest BCUT2D eigenvalue weighted by Crippen LogP contribution is -2.49. The standard InChI is InChI=1S/C22H26N4O2/c1-14(2)20(25-21(27)16-10-6-5-9-15(16)3)22(28)23-13-19-24-17-11-7-8-12-18(17)26(19)4/h5-12,14,20H,13H2,1-4H3,(H,23,28)(H,25,27). The summed E-state index contributed by atoms with van der Waals surface area (Å²) in [6.07, 6.45) is 0. The number of hydrogen-bond donors (Lipinski definition) is 2. The third-order valence-corrected chi connectivity index (χ3v) is 4.93. The Morgan fingerprint density at radius 1 is 1.07 bits per heavy atom. The second kappa shape index (κ2) is 8.25. The fraction of sp³-hybridized carbons (Fsp3) is 0.318. The van der Waals surface area contributed by atoms with Gasteiger partial charge in [0.05, 0.1) is 17.6 Å². The highest BCUT2D eigenvalue weighted by Crippen LogP contribution is 2.14. The van der Waals surface area contributed by atoms with Crippen LogP contribution in [0.2, 0.25) is 0 Å². The van der Waals surface area contributed by atoms with Gasteiger partial charge in [-0.15, -0.1) is 0 Å². The van der Waals surface area contributed by atoms with E-state index in [0.717, 1.165) is 22.4 Å². The average molecular weight is 378 g/mol. The van der Waals surface area contributed by atoms with Crippen LogP contribution in [0, 0.1) is 12.8 Å². The summed E-state index contributed by atoms with van der Waals surface area (Å²) in [5, 5.41) is 5.79. The maximum Gasteiger partial charge on any atom is 0.252 e. The van der Waals surface area contributed by atoms with Crippen LogP contribution in [0.25, 0.3) is 11.0 Å². The zero-order valence-corrected chi connectivity index (χ0v) is 16.7. The van der Waals surface area contributed by atoms with Crippen LogP contribution < -0.4 is 10.6 Å². The quantitative estimate of drug-likeness (QED) is 0.692. The van der Waals surface area contributed by atoms with Crippen molar-refractivity contribution in [1.29, 1.82) is 0 Å². The van der Waals surface area contributed by atoms with E-state index in [0.29, 0.717) is 12.1 Å². The van der Waals surface area contributed by atoms with E-state index >= 15 is 0 Å². The van der Waals surface area contributed by atoms with Crippen molar-refractivity contribution >= 4 is 22.8 Å². The first-order chi connectivity index (χ1) is 13.4. The Balaban J connectivity index is 1.70. The lowest BCUT2D eigenvalue weighted by molar-refractivity contribution is -0.124. The second-order valence-corrected chi connectivity index (χ2v) is 7.30. The fourth-order valence-corrected chi connectivity index (χ4v) is 3.21. The maximum absolute atomic E-state index is 12.8. The molecule has 0 fully saturated rings. The van der Waals surface area contributed by atoms with Crippen molar-refractivity contribution in [2.45, 2.75) is 33.4 Å². The molecule has 3 aromatic rings. The molecule has 146 valence electrons. The van der Waals surface area contributed by atoms with Crippen molar-refractivity contribution in [2.75, 3.05) is 0 Å². The van der Waals surface area contributed by atoms with Gasteiger partial charge in [0.1, 0.15) is 11.9 Å². The van der Waals surface area contributed by atoms with E-state index in [1.165, 1.54) is 0 Å². The minimum absolute atomic E-state index is 0.0478. The number of aromatic nitrogens is 2. The molecule has 1 heterocycles. The van der Waals surface area contributed by atoms with Gasteiger partial charge in [0.25, 0.3) is 5.91 Å². The fourth-order valence-electron chi connectivity index (χ4n) is 3.21. The van der Waals surface area contributed by atoms with Crippen molar-refractivity contribution in [2.24, 2.45) is 13.0 Å². The lowest BCUT2D eigenvalue weighted by atomic mass is 10.0. The van der Waals surface area contributed by atoms with Crippen molar-refractivity contribution in [3.8, 4) is 0 Å². The summed E-state index contributed by atoms with van der Waals surface area (Å²) in [6.45, 7) is 6.01. The van der Waals surface area contributed by atoms with Crippen molar-refractivity contribution in [3.63, 3.8) is 0 Å². The summed E-state index contributed by atoms with van der Waals surface area (Å²) in [6, 6.07) is 14.6. The van der Waals surface area contributed by atoms with Gasteiger partial charge in [-0.2, -0.15) is 0 Å². The van der Waals surface area contributed by atoms with Crippen LogP contribution in [0.4, 0.5) is 0 Å². The monoisotopic (exact) mass is 378 g/mol. The molecule has 0 aliphatic rings. The Kier molecular flexibility index (Phi) is 5.78. The summed E-state index contributed by atoms with van der Waals surface area (Å²) >= 11 is 0. The van der Waals surface area contributed by atoms with Crippen LogP contribution in [0.3, 0.4) is 0 Å². The number of nitrogens with one attached hydrogen (secondary N) is 2. The molecular formula is C22H26N4O2. The van der Waals surface area contributed by atoms with Crippen molar-refractivity contribution in [1.82, 2.24) is 20.2 Å². The Bertz CT molecular complexity index is 1010. The molecule has 1 aromatic heterocycles. The van der Waals surface area contributed by atoms with E-state index in [1.807, 2.05) is 74.9 Å². The summed E-state index contributed by atoms with van der Waals surface area (Å²) in [4.78, 5) is 30.0. The number of benzene rings is 2. The molecule has 2 N–H and O–H groups in total. The van der Waals surface area contributed by atoms with Gasteiger partial charge in [0.15, 0.2) is 0 Å². The molecule has 28 heavy (non-hydrogen) atoms. The van der Waals surface area contributed by atoms with Gasteiger partial charge in [-0.1, -0.05) is 44.2 Å². The number of aryl methyl sites for hydroxylation is 2. The van der Waals surface area contributed by atoms with Crippen molar-refractivity contribution < 1.29 is 9.59 Å². The number of amides is 2. The molecule has 6 nitrogen and oxygen atoms in total. The third kappa shape index (κ3) is 4.06. The molecule has 0 spiro atoms. The van der Waals surface area contributed by atoms with E-state index in [1.54, 1.807) is 6.07 Å². The number of carbonyl (C=O) groups is 2. The highest BCUT2D eigenvalue weighted by Gasteiger charge is 2.25. The lowest BCUT2D eigenvalue weighted by Gasteiger charge is -2.22. The van der Waals surface area contributed by atoms with Gasteiger partial charge in [0, 0.05) is 12.6 Å². The average Bonchev–Trinajstić information content (AvgIpc) is 3.00. The minimum Gasteiger partial charge on any atom is -0.347 e. The number of fused-ring (bicyclic) bond motifs is 1. The van der Waals surface area contributed by atoms with E-state index < -0.39 is 6.04 Å². The predicted molar refractivity (Wildman–Crippen MR) is 110 cm³/mol. The molecule has 2 aromatic carbocycles. The van der Waals surface area contributed by atoms with Gasteiger partial charge in [-0.25, -0.2) is 4.98 Å². The summed E-state index contributed by atoms with van der Waals surface area (Å²) in [7, 11) is 1.93. The van der Waals surface area contributed by atoms with E-state index in [4.69, 9.17) is 0 Å². The number of carbonyl (C=O) groups excluding carboxylic acids is 2. The molecule has 3 rings (SSSR count). The number of hydrogen-bond acceptors (Lipinski definition) is 3. The molecule has 0 aliphatic carbocycles. The van der Waals surface area contributed by atoms with E-state index in [2.05, 4.69) is 15.6 Å². The first kappa shape index (κ1) is 19.6. The van der Waals surface area contributed by atoms with Crippen LogP contribution in [0.1, 0.15) is 35.6 Å². The molecule has 0 aliphatic heterocycles. The molecular weight excluding hydrogens is 352 g/mol. The van der Waals surface area contributed by atoms with Gasteiger partial charge in [-0.05, 0) is 36.6 Å². The zero-order valence-electron chi connectivity index (χ0n) is 16.7. The number of rotatable bonds is 6. The molecule has 1 atom stereocenters. The highest BCUT2D eigenvalue weighted by atomic mass is 16.2. The summed E-state index contributed by atoms with van der Waals surface area (Å²) < 4.78 is 1.96. The Hall–Kier alpha value is -3.15. The van der Waals surface area contributed by atoms with Crippen LogP contribution >= 0.6 is 0 Å². The maximum atomic E-state index is 12.8. The molecule has 0 saturated heterocycles. The number of para-hydroxylation sites is 2. The minimum atomic E-state index is -0.623. The Morgan fingerprint density at radius 3 is 2.43 bits per heavy atom. The topological polar surface area (TPSA) is 76.0 Å². The summed E-state index contributed by atoms with van der Waals surface area (Å²) in [5.41, 5.74) is 3.36. The van der Waals surface area contributed by atoms with E-state index in [9.17, 15) is 9.59 Å². The van der Waals surface area contributed by atoms with Gasteiger partial charge in [-0.3, -0.25) is 9.59 Å². The van der Waals surface area contributed by atoms with Crippen LogP contribution in [-0.2, 0) is 18.4 Å². The Morgan fingerprint density at radius 2 is 1.75 bits per heavy atom. The van der Waals surface area contributed by atoms with E-state index in [-0.39, 0.29) is 17.7 Å². The van der Waals surface area contributed by atoms with Crippen LogP contribution in [0.15, 0.2) is 48.5 Å².